The number of halogens is 2. The van der Waals surface area contributed by atoms with Gasteiger partial charge in [-0.1, -0.05) is 0 Å². The van der Waals surface area contributed by atoms with Crippen LogP contribution in [-0.2, 0) is 0 Å². The monoisotopic (exact) mass is 325 g/mol. The molecule has 1 rings (SSSR count). The number of nitrogens with two attached hydrogens (primary N) is 2. The minimum Gasteiger partial charge on any atom is -0.506 e. The van der Waals surface area contributed by atoms with Crippen LogP contribution in [0, 0.1) is 10.1 Å². The lowest BCUT2D eigenvalue weighted by Gasteiger charge is -2.13. The molecule has 0 aromatic heterocycles. The van der Waals surface area contributed by atoms with Crippen LogP contribution < -0.4 is 11.5 Å². The molecular weight excluding hydrogens is 313 g/mol. The number of nitrogens with zero attached hydrogens (tertiary/aromatic N) is 1. The maximum atomic E-state index is 10.6. The van der Waals surface area contributed by atoms with Crippen LogP contribution in [0.2, 0.25) is 0 Å². The van der Waals surface area contributed by atoms with Gasteiger partial charge in [0.05, 0.1) is 9.40 Å². The van der Waals surface area contributed by atoms with Crippen LogP contribution in [0.4, 0.5) is 5.69 Å². The standard InChI is InChI=1S/C9H12BrN3O3.ClH/c10-7-4-5(13(15)16)3-6(9(7)14)8(12)1-2-11;/h3-4,8,14H,1-2,11-12H2;1H/t8-;/m1./s1. The third kappa shape index (κ3) is 3.81. The van der Waals surface area contributed by atoms with E-state index in [1.165, 1.54) is 12.1 Å². The van der Waals surface area contributed by atoms with Gasteiger partial charge < -0.3 is 16.6 Å². The lowest BCUT2D eigenvalue weighted by atomic mass is 10.0. The highest BCUT2D eigenvalue weighted by Gasteiger charge is 2.18. The van der Waals surface area contributed by atoms with Crippen LogP contribution in [0.3, 0.4) is 0 Å². The van der Waals surface area contributed by atoms with Gasteiger partial charge in [0.1, 0.15) is 5.75 Å². The molecule has 0 saturated carbocycles. The van der Waals surface area contributed by atoms with Gasteiger partial charge in [-0.2, -0.15) is 0 Å². The van der Waals surface area contributed by atoms with Gasteiger partial charge in [0, 0.05) is 23.7 Å². The first-order valence-electron chi connectivity index (χ1n) is 4.59. The van der Waals surface area contributed by atoms with E-state index < -0.39 is 11.0 Å². The summed E-state index contributed by atoms with van der Waals surface area (Å²) >= 11 is 3.04. The number of benzene rings is 1. The summed E-state index contributed by atoms with van der Waals surface area (Å²) in [7, 11) is 0. The summed E-state index contributed by atoms with van der Waals surface area (Å²) in [6, 6.07) is 1.98. The fourth-order valence-electron chi connectivity index (χ4n) is 1.33. The van der Waals surface area contributed by atoms with E-state index in [1.807, 2.05) is 0 Å². The van der Waals surface area contributed by atoms with E-state index in [0.29, 0.717) is 18.5 Å². The Morgan fingerprint density at radius 3 is 2.59 bits per heavy atom. The molecule has 0 aliphatic heterocycles. The predicted molar refractivity (Wildman–Crippen MR) is 70.3 cm³/mol. The van der Waals surface area contributed by atoms with Crippen LogP contribution in [0.1, 0.15) is 18.0 Å². The first-order chi connectivity index (χ1) is 7.47. The summed E-state index contributed by atoms with van der Waals surface area (Å²) in [4.78, 5) is 10.1. The Labute approximate surface area is 113 Å². The SMILES string of the molecule is Cl.NCC[C@@H](N)c1cc([N+](=O)[O-])cc(Br)c1O. The number of phenolic OH excluding ortho intramolecular Hbond substituents is 1. The Balaban J connectivity index is 0.00000256. The number of nitro benzene ring substituents is 1. The van der Waals surface area contributed by atoms with Crippen molar-refractivity contribution in [3.05, 3.63) is 32.3 Å². The summed E-state index contributed by atoms with van der Waals surface area (Å²) in [5.74, 6) is -0.0773. The molecule has 0 heterocycles. The normalized spacial score (nSPS) is 11.7. The van der Waals surface area contributed by atoms with E-state index in [0.717, 1.165) is 0 Å². The van der Waals surface area contributed by atoms with Crippen LogP contribution in [0.5, 0.6) is 5.75 Å². The molecule has 0 unspecified atom stereocenters. The molecule has 8 heteroatoms. The van der Waals surface area contributed by atoms with Crippen molar-refractivity contribution in [2.24, 2.45) is 11.5 Å². The topological polar surface area (TPSA) is 115 Å². The molecule has 1 aromatic rings. The molecule has 1 aromatic carbocycles. The second-order valence-corrected chi connectivity index (χ2v) is 4.16. The molecule has 0 aliphatic carbocycles. The van der Waals surface area contributed by atoms with E-state index >= 15 is 0 Å². The van der Waals surface area contributed by atoms with Gasteiger partial charge >= 0.3 is 0 Å². The highest BCUT2D eigenvalue weighted by Crippen LogP contribution is 2.35. The Hall–Kier alpha value is -0.890. The van der Waals surface area contributed by atoms with Gasteiger partial charge in [0.15, 0.2) is 0 Å². The zero-order chi connectivity index (χ0) is 12.3. The number of rotatable bonds is 4. The Kier molecular flexibility index (Phi) is 6.40. The third-order valence-electron chi connectivity index (χ3n) is 2.17. The van der Waals surface area contributed by atoms with Crippen LogP contribution in [-0.4, -0.2) is 16.6 Å². The Morgan fingerprint density at radius 2 is 2.12 bits per heavy atom. The van der Waals surface area contributed by atoms with Crippen molar-refractivity contribution in [1.82, 2.24) is 0 Å². The maximum Gasteiger partial charge on any atom is 0.271 e. The van der Waals surface area contributed by atoms with Gasteiger partial charge in [-0.25, -0.2) is 0 Å². The average molecular weight is 327 g/mol. The highest BCUT2D eigenvalue weighted by atomic mass is 79.9. The molecule has 0 amide bonds. The molecule has 0 radical (unpaired) electrons. The molecule has 0 aliphatic rings. The minimum absolute atomic E-state index is 0. The smallest absolute Gasteiger partial charge is 0.271 e. The van der Waals surface area contributed by atoms with Gasteiger partial charge in [0.25, 0.3) is 5.69 Å². The largest absolute Gasteiger partial charge is 0.506 e. The quantitative estimate of drug-likeness (QED) is 0.576. The van der Waals surface area contributed by atoms with Gasteiger partial charge in [-0.15, -0.1) is 12.4 Å². The minimum atomic E-state index is -0.539. The molecule has 1 atom stereocenters. The number of aromatic hydroxyl groups is 1. The summed E-state index contributed by atoms with van der Waals surface area (Å²) in [5.41, 5.74) is 11.3. The Morgan fingerprint density at radius 1 is 1.53 bits per heavy atom. The van der Waals surface area contributed by atoms with Crippen LogP contribution in [0.15, 0.2) is 16.6 Å². The molecule has 17 heavy (non-hydrogen) atoms. The van der Waals surface area contributed by atoms with Crippen molar-refractivity contribution in [2.45, 2.75) is 12.5 Å². The molecule has 0 bridgehead atoms. The fourth-order valence-corrected chi connectivity index (χ4v) is 1.79. The van der Waals surface area contributed by atoms with E-state index in [4.69, 9.17) is 11.5 Å². The molecule has 0 saturated heterocycles. The number of phenols is 1. The first kappa shape index (κ1) is 16.1. The second-order valence-electron chi connectivity index (χ2n) is 3.31. The molecule has 0 spiro atoms. The first-order valence-corrected chi connectivity index (χ1v) is 5.39. The summed E-state index contributed by atoms with van der Waals surface area (Å²) in [6.07, 6.45) is 0.446. The van der Waals surface area contributed by atoms with Crippen molar-refractivity contribution in [3.8, 4) is 5.75 Å². The fraction of sp³-hybridized carbons (Fsp3) is 0.333. The van der Waals surface area contributed by atoms with Crippen molar-refractivity contribution in [2.75, 3.05) is 6.54 Å². The Bertz CT molecular complexity index is 417. The summed E-state index contributed by atoms with van der Waals surface area (Å²) < 4.78 is 0.254. The van der Waals surface area contributed by atoms with Crippen molar-refractivity contribution >= 4 is 34.0 Å². The van der Waals surface area contributed by atoms with E-state index in [-0.39, 0.29) is 28.3 Å². The average Bonchev–Trinajstić information content (AvgIpc) is 2.21. The van der Waals surface area contributed by atoms with Crippen LogP contribution in [0.25, 0.3) is 0 Å². The van der Waals surface area contributed by atoms with Crippen molar-refractivity contribution in [3.63, 3.8) is 0 Å². The number of hydrogen-bond donors (Lipinski definition) is 3. The lowest BCUT2D eigenvalue weighted by molar-refractivity contribution is -0.385. The van der Waals surface area contributed by atoms with Crippen molar-refractivity contribution in [1.29, 1.82) is 0 Å². The summed E-state index contributed by atoms with van der Waals surface area (Å²) in [5, 5.41) is 20.3. The van der Waals surface area contributed by atoms with E-state index in [9.17, 15) is 15.2 Å². The lowest BCUT2D eigenvalue weighted by Crippen LogP contribution is -2.15. The molecule has 0 fully saturated rings. The molecule has 5 N–H and O–H groups in total. The number of hydrogen-bond acceptors (Lipinski definition) is 5. The van der Waals surface area contributed by atoms with Gasteiger partial charge in [-0.05, 0) is 28.9 Å². The van der Waals surface area contributed by atoms with E-state index in [2.05, 4.69) is 15.9 Å². The van der Waals surface area contributed by atoms with Crippen molar-refractivity contribution < 1.29 is 10.0 Å². The third-order valence-corrected chi connectivity index (χ3v) is 2.77. The zero-order valence-electron chi connectivity index (χ0n) is 8.80. The van der Waals surface area contributed by atoms with E-state index in [1.54, 1.807) is 0 Å². The maximum absolute atomic E-state index is 10.6. The van der Waals surface area contributed by atoms with Crippen LogP contribution >= 0.6 is 28.3 Å². The number of non-ortho nitro benzene ring substituents is 1. The number of nitro groups is 1. The summed E-state index contributed by atoms with van der Waals surface area (Å²) in [6.45, 7) is 0.348. The van der Waals surface area contributed by atoms with Gasteiger partial charge in [0.2, 0.25) is 0 Å². The second kappa shape index (κ2) is 6.75. The molecular formula is C9H13BrClN3O3. The molecule has 6 nitrogen and oxygen atoms in total. The predicted octanol–water partition coefficient (Wildman–Crippen LogP) is 1.83. The zero-order valence-corrected chi connectivity index (χ0v) is 11.2. The van der Waals surface area contributed by atoms with Gasteiger partial charge in [-0.3, -0.25) is 10.1 Å². The molecule has 96 valence electrons. The highest BCUT2D eigenvalue weighted by molar-refractivity contribution is 9.10.